The van der Waals surface area contributed by atoms with Gasteiger partial charge in [-0.05, 0) is 50.9 Å². The molecule has 1 fully saturated rings. The molecule has 0 amide bonds. The number of fused-ring (bicyclic) bond motifs is 2. The maximum absolute atomic E-state index is 13.3. The Morgan fingerprint density at radius 1 is 1.24 bits per heavy atom. The predicted molar refractivity (Wildman–Crippen MR) is 144 cm³/mol. The first-order chi connectivity index (χ1) is 18.4. The molecule has 11 nitrogen and oxygen atoms in total. The number of nitrogens with two attached hydrogens (primary N) is 1. The van der Waals surface area contributed by atoms with Crippen LogP contribution in [0.4, 0.5) is 5.82 Å². The zero-order chi connectivity index (χ0) is 26.8. The fraction of sp³-hybridized carbons (Fsp3) is 0.259. The summed E-state index contributed by atoms with van der Waals surface area (Å²) in [4.78, 5) is 36.7. The minimum atomic E-state index is 0.00417. The van der Waals surface area contributed by atoms with Gasteiger partial charge in [0.2, 0.25) is 0 Å². The normalized spacial score (nSPS) is 13.4. The summed E-state index contributed by atoms with van der Waals surface area (Å²) in [6, 6.07) is 7.65. The first kappa shape index (κ1) is 24.9. The lowest BCUT2D eigenvalue weighted by Gasteiger charge is -2.18. The van der Waals surface area contributed by atoms with Gasteiger partial charge in [-0.15, -0.1) is 5.10 Å². The van der Waals surface area contributed by atoms with Crippen LogP contribution in [-0.4, -0.2) is 47.0 Å². The number of carbonyl (C=O) groups excluding carboxylic acids is 1. The molecule has 1 aliphatic carbocycles. The number of rotatable bonds is 4. The average Bonchev–Trinajstić information content (AvgIpc) is 3.59. The highest BCUT2D eigenvalue weighted by Gasteiger charge is 2.30. The summed E-state index contributed by atoms with van der Waals surface area (Å²) in [6.45, 7) is 2.03. The molecule has 0 spiro atoms. The fourth-order valence-corrected chi connectivity index (χ4v) is 4.13. The van der Waals surface area contributed by atoms with Gasteiger partial charge in [0.25, 0.3) is 5.56 Å². The molecule has 1 unspecified atom stereocenters. The maximum Gasteiger partial charge on any atom is 0.262 e. The van der Waals surface area contributed by atoms with Crippen LogP contribution < -0.4 is 16.6 Å². The van der Waals surface area contributed by atoms with E-state index in [2.05, 4.69) is 32.2 Å². The Hall–Kier alpha value is -4.82. The van der Waals surface area contributed by atoms with Gasteiger partial charge in [0.15, 0.2) is 17.8 Å². The second-order valence-corrected chi connectivity index (χ2v) is 9.03. The van der Waals surface area contributed by atoms with Gasteiger partial charge in [0, 0.05) is 31.0 Å². The molecular weight excluding hydrogens is 482 g/mol. The first-order valence-electron chi connectivity index (χ1n) is 12.2. The van der Waals surface area contributed by atoms with Crippen molar-refractivity contribution < 1.29 is 4.79 Å². The largest absolute Gasteiger partial charge is 0.382 e. The smallest absolute Gasteiger partial charge is 0.262 e. The number of carbonyl (C=O) groups is 1. The Bertz CT molecular complexity index is 1770. The van der Waals surface area contributed by atoms with Crippen LogP contribution in [-0.2, 0) is 7.05 Å². The number of hydrogen-bond acceptors (Lipinski definition) is 8. The summed E-state index contributed by atoms with van der Waals surface area (Å²) in [5.41, 5.74) is 8.51. The molecule has 11 heteroatoms. The van der Waals surface area contributed by atoms with Gasteiger partial charge in [-0.3, -0.25) is 14.2 Å². The number of aldehydes is 1. The predicted octanol–water partition coefficient (Wildman–Crippen LogP) is 2.27. The first-order valence-corrected chi connectivity index (χ1v) is 12.2. The second kappa shape index (κ2) is 10.3. The van der Waals surface area contributed by atoms with Crippen LogP contribution in [0.1, 0.15) is 59.3 Å². The molecule has 0 aliphatic heterocycles. The van der Waals surface area contributed by atoms with Crippen molar-refractivity contribution in [1.29, 1.82) is 0 Å². The summed E-state index contributed by atoms with van der Waals surface area (Å²) in [5.74, 6) is 7.25. The standard InChI is InChI=1S/C20H21N5O.C7H6N4O/c1-13(21-2)19-23-17-6-4-5-14(7-8-16-11-22-12-24(16)3)18(17)20(26)25(19)15-9-10-15;8-6-5(4-12)7-9-2-1-3-11(7)10-6/h4-6,11-13,15,21H,9-10H2,1-3H3;1-4H,(H2,8,10). The Balaban J connectivity index is 0.000000204. The molecule has 3 N–H and O–H groups in total. The third-order valence-corrected chi connectivity index (χ3v) is 6.41. The van der Waals surface area contributed by atoms with Crippen LogP contribution in [0.15, 0.2) is 54.0 Å². The van der Waals surface area contributed by atoms with Crippen molar-refractivity contribution in [1.82, 2.24) is 39.0 Å². The van der Waals surface area contributed by atoms with E-state index in [1.165, 1.54) is 4.52 Å². The zero-order valence-corrected chi connectivity index (χ0v) is 21.3. The quantitative estimate of drug-likeness (QED) is 0.278. The molecular formula is C27H27N9O2. The second-order valence-electron chi connectivity index (χ2n) is 9.03. The maximum atomic E-state index is 13.3. The van der Waals surface area contributed by atoms with E-state index in [-0.39, 0.29) is 23.5 Å². The molecule has 4 aromatic heterocycles. The van der Waals surface area contributed by atoms with Gasteiger partial charge in [-0.1, -0.05) is 12.0 Å². The lowest BCUT2D eigenvalue weighted by atomic mass is 10.1. The third-order valence-electron chi connectivity index (χ3n) is 6.41. The molecule has 192 valence electrons. The van der Waals surface area contributed by atoms with E-state index < -0.39 is 0 Å². The number of hydrogen-bond donors (Lipinski definition) is 2. The number of nitrogen functional groups attached to an aromatic ring is 1. The third kappa shape index (κ3) is 4.65. The number of imidazole rings is 1. The minimum absolute atomic E-state index is 0.00417. The fourth-order valence-electron chi connectivity index (χ4n) is 4.13. The Morgan fingerprint density at radius 3 is 2.74 bits per heavy atom. The van der Waals surface area contributed by atoms with Crippen molar-refractivity contribution in [2.45, 2.75) is 31.8 Å². The van der Waals surface area contributed by atoms with Crippen LogP contribution in [0.5, 0.6) is 0 Å². The monoisotopic (exact) mass is 509 g/mol. The molecule has 0 radical (unpaired) electrons. The van der Waals surface area contributed by atoms with Crippen molar-refractivity contribution in [3.8, 4) is 11.8 Å². The van der Waals surface area contributed by atoms with E-state index in [9.17, 15) is 9.59 Å². The van der Waals surface area contributed by atoms with Crippen LogP contribution in [0, 0.1) is 11.8 Å². The molecule has 0 saturated heterocycles. The van der Waals surface area contributed by atoms with E-state index in [4.69, 9.17) is 10.7 Å². The minimum Gasteiger partial charge on any atom is -0.382 e. The number of nitrogens with one attached hydrogen (secondary N) is 1. The average molecular weight is 510 g/mol. The molecule has 1 saturated carbocycles. The Morgan fingerprint density at radius 2 is 2.05 bits per heavy atom. The van der Waals surface area contributed by atoms with E-state index in [0.717, 1.165) is 24.4 Å². The van der Waals surface area contributed by atoms with Gasteiger partial charge >= 0.3 is 0 Å². The van der Waals surface area contributed by atoms with Crippen LogP contribution in [0.2, 0.25) is 0 Å². The highest BCUT2D eigenvalue weighted by atomic mass is 16.1. The summed E-state index contributed by atoms with van der Waals surface area (Å²) in [7, 11) is 3.78. The summed E-state index contributed by atoms with van der Waals surface area (Å²) in [5, 5.41) is 7.68. The number of aryl methyl sites for hydroxylation is 1. The van der Waals surface area contributed by atoms with Crippen LogP contribution in [0.25, 0.3) is 16.6 Å². The zero-order valence-electron chi connectivity index (χ0n) is 21.3. The highest BCUT2D eigenvalue weighted by molar-refractivity contribution is 5.90. The molecule has 4 heterocycles. The number of anilines is 1. The van der Waals surface area contributed by atoms with Crippen molar-refractivity contribution in [2.75, 3.05) is 12.8 Å². The van der Waals surface area contributed by atoms with E-state index >= 15 is 0 Å². The lowest BCUT2D eigenvalue weighted by molar-refractivity contribution is 0.112. The summed E-state index contributed by atoms with van der Waals surface area (Å²) in [6.07, 6.45) is 9.41. The summed E-state index contributed by atoms with van der Waals surface area (Å²) < 4.78 is 5.18. The van der Waals surface area contributed by atoms with Gasteiger partial charge < -0.3 is 15.6 Å². The highest BCUT2D eigenvalue weighted by Crippen LogP contribution is 2.36. The van der Waals surface area contributed by atoms with E-state index in [1.807, 2.05) is 48.4 Å². The topological polar surface area (TPSA) is 138 Å². The number of aromatic nitrogens is 7. The lowest BCUT2D eigenvalue weighted by Crippen LogP contribution is -2.29. The molecule has 1 aliphatic rings. The Kier molecular flexibility index (Phi) is 6.72. The van der Waals surface area contributed by atoms with Crippen molar-refractivity contribution in [3.63, 3.8) is 0 Å². The van der Waals surface area contributed by atoms with Crippen molar-refractivity contribution >= 4 is 28.7 Å². The molecule has 38 heavy (non-hydrogen) atoms. The number of benzene rings is 1. The van der Waals surface area contributed by atoms with Crippen molar-refractivity contribution in [2.24, 2.45) is 7.05 Å². The SMILES string of the molecule is CNC(C)c1nc2cccc(C#Cc3cncn3C)c2c(=O)n1C1CC1.Nc1nn2cccnc2c1C=O. The summed E-state index contributed by atoms with van der Waals surface area (Å²) >= 11 is 0. The molecule has 1 atom stereocenters. The molecule has 6 rings (SSSR count). The van der Waals surface area contributed by atoms with Gasteiger partial charge in [0.05, 0.1) is 29.5 Å². The number of nitrogens with zero attached hydrogens (tertiary/aromatic N) is 7. The molecule has 0 bridgehead atoms. The van der Waals surface area contributed by atoms with Crippen LogP contribution in [0.3, 0.4) is 0 Å². The van der Waals surface area contributed by atoms with Gasteiger partial charge in [-0.2, -0.15) is 0 Å². The van der Waals surface area contributed by atoms with E-state index in [0.29, 0.717) is 34.0 Å². The van der Waals surface area contributed by atoms with Gasteiger partial charge in [0.1, 0.15) is 17.1 Å². The van der Waals surface area contributed by atoms with Crippen molar-refractivity contribution in [3.05, 3.63) is 82.2 Å². The molecule has 5 aromatic rings. The van der Waals surface area contributed by atoms with E-state index in [1.54, 1.807) is 31.0 Å². The van der Waals surface area contributed by atoms with Gasteiger partial charge in [-0.25, -0.2) is 19.5 Å². The Labute approximate surface area is 218 Å². The van der Waals surface area contributed by atoms with Crippen LogP contribution >= 0.6 is 0 Å². The molecule has 1 aromatic carbocycles.